The predicted octanol–water partition coefficient (Wildman–Crippen LogP) is 6.20. The highest BCUT2D eigenvalue weighted by Gasteiger charge is 2.32. The molecule has 0 radical (unpaired) electrons. The summed E-state index contributed by atoms with van der Waals surface area (Å²) in [5, 5.41) is 3.22. The first-order valence-electron chi connectivity index (χ1n) is 10.0. The molecule has 6 heteroatoms. The highest BCUT2D eigenvalue weighted by atomic mass is 19.4. The van der Waals surface area contributed by atoms with Crippen molar-refractivity contribution in [2.75, 3.05) is 32.7 Å². The van der Waals surface area contributed by atoms with Crippen molar-refractivity contribution >= 4 is 11.3 Å². The second-order valence-electron chi connectivity index (χ2n) is 7.29. The van der Waals surface area contributed by atoms with Gasteiger partial charge in [-0.1, -0.05) is 30.3 Å². The number of rotatable bonds is 8. The number of alkyl halides is 3. The van der Waals surface area contributed by atoms with E-state index in [0.29, 0.717) is 37.3 Å². The van der Waals surface area contributed by atoms with Gasteiger partial charge in [0.15, 0.2) is 0 Å². The van der Waals surface area contributed by atoms with Crippen molar-refractivity contribution in [3.05, 3.63) is 89.0 Å². The molecule has 0 atom stereocenters. The van der Waals surface area contributed by atoms with Gasteiger partial charge in [0.05, 0.1) is 19.3 Å². The summed E-state index contributed by atoms with van der Waals surface area (Å²) < 4.78 is 51.3. The van der Waals surface area contributed by atoms with Crippen molar-refractivity contribution in [3.63, 3.8) is 0 Å². The van der Waals surface area contributed by atoms with Gasteiger partial charge in [-0.2, -0.15) is 13.2 Å². The molecular weight excluding hydrogens is 403 g/mol. The molecule has 0 heterocycles. The molecule has 0 fully saturated rings. The number of ether oxygens (including phenoxy) is 2. The first-order chi connectivity index (χ1) is 14.9. The molecule has 0 saturated heterocycles. The fraction of sp³-hybridized carbons (Fsp3) is 0.280. The Morgan fingerprint density at radius 3 is 2.45 bits per heavy atom. The minimum absolute atomic E-state index is 0.306. The van der Waals surface area contributed by atoms with Gasteiger partial charge >= 0.3 is 6.18 Å². The molecule has 0 aromatic heterocycles. The first kappa shape index (κ1) is 22.7. The van der Waals surface area contributed by atoms with Gasteiger partial charge in [0, 0.05) is 24.9 Å². The summed E-state index contributed by atoms with van der Waals surface area (Å²) in [6.45, 7) is 0.871. The van der Waals surface area contributed by atoms with Crippen LogP contribution in [-0.2, 0) is 11.2 Å². The number of methoxy groups -OCH3 is 2. The maximum Gasteiger partial charge on any atom is 0.416 e. The highest BCUT2D eigenvalue weighted by molar-refractivity contribution is 5.75. The summed E-state index contributed by atoms with van der Waals surface area (Å²) in [5.41, 5.74) is 3.44. The SMILES string of the molecule is COCCc1ccc(OC)c(C2=CC=C(C(F)(F)F)C=C(CNc3ccccc3)C2)c1. The largest absolute Gasteiger partial charge is 0.496 e. The van der Waals surface area contributed by atoms with Crippen LogP contribution in [-0.4, -0.2) is 33.5 Å². The molecule has 3 rings (SSSR count). The van der Waals surface area contributed by atoms with Gasteiger partial charge < -0.3 is 14.8 Å². The number of para-hydroxylation sites is 1. The highest BCUT2D eigenvalue weighted by Crippen LogP contribution is 2.36. The van der Waals surface area contributed by atoms with Gasteiger partial charge in [-0.05, 0) is 66.0 Å². The number of anilines is 1. The van der Waals surface area contributed by atoms with E-state index in [1.165, 1.54) is 6.08 Å². The zero-order chi connectivity index (χ0) is 22.3. The number of halogens is 3. The Morgan fingerprint density at radius 1 is 1.00 bits per heavy atom. The Morgan fingerprint density at radius 2 is 1.77 bits per heavy atom. The minimum atomic E-state index is -4.42. The van der Waals surface area contributed by atoms with Crippen LogP contribution in [0.15, 0.2) is 77.9 Å². The van der Waals surface area contributed by atoms with Gasteiger partial charge in [-0.15, -0.1) is 0 Å². The lowest BCUT2D eigenvalue weighted by Gasteiger charge is -2.16. The summed E-state index contributed by atoms with van der Waals surface area (Å²) in [6, 6.07) is 15.2. The summed E-state index contributed by atoms with van der Waals surface area (Å²) in [4.78, 5) is 0. The van der Waals surface area contributed by atoms with E-state index >= 15 is 0 Å². The quantitative estimate of drug-likeness (QED) is 0.542. The monoisotopic (exact) mass is 429 g/mol. The van der Waals surface area contributed by atoms with Crippen LogP contribution in [0.2, 0.25) is 0 Å². The van der Waals surface area contributed by atoms with Gasteiger partial charge in [0.2, 0.25) is 0 Å². The molecule has 2 aromatic carbocycles. The molecule has 2 aromatic rings. The molecule has 1 N–H and O–H groups in total. The lowest BCUT2D eigenvalue weighted by molar-refractivity contribution is -0.0882. The Labute approximate surface area is 180 Å². The van der Waals surface area contributed by atoms with Crippen LogP contribution in [0.1, 0.15) is 17.5 Å². The Bertz CT molecular complexity index is 976. The summed E-state index contributed by atoms with van der Waals surface area (Å²) >= 11 is 0. The smallest absolute Gasteiger partial charge is 0.416 e. The molecule has 1 aliphatic carbocycles. The van der Waals surface area contributed by atoms with Gasteiger partial charge in [-0.3, -0.25) is 0 Å². The molecule has 0 bridgehead atoms. The van der Waals surface area contributed by atoms with E-state index in [1.807, 2.05) is 48.5 Å². The summed E-state index contributed by atoms with van der Waals surface area (Å²) in [7, 11) is 3.20. The molecule has 164 valence electrons. The lowest BCUT2D eigenvalue weighted by atomic mass is 9.95. The fourth-order valence-corrected chi connectivity index (χ4v) is 3.44. The zero-order valence-corrected chi connectivity index (χ0v) is 17.6. The topological polar surface area (TPSA) is 30.5 Å². The van der Waals surface area contributed by atoms with Crippen LogP contribution in [0.25, 0.3) is 5.57 Å². The van der Waals surface area contributed by atoms with Crippen LogP contribution in [0.3, 0.4) is 0 Å². The zero-order valence-electron chi connectivity index (χ0n) is 17.6. The standard InChI is InChI=1S/C25H26F3NO2/c1-30-13-12-18-8-11-24(31-2)23(16-18)20-9-10-21(25(26,27)28)15-19(14-20)17-29-22-6-4-3-5-7-22/h3-11,15-16,29H,12-14,17H2,1-2H3. The van der Waals surface area contributed by atoms with Crippen molar-refractivity contribution in [2.24, 2.45) is 0 Å². The molecule has 0 unspecified atom stereocenters. The van der Waals surface area contributed by atoms with Crippen LogP contribution in [0, 0.1) is 0 Å². The maximum absolute atomic E-state index is 13.5. The molecule has 31 heavy (non-hydrogen) atoms. The normalized spacial score (nSPS) is 14.3. The Hall–Kier alpha value is -2.99. The fourth-order valence-electron chi connectivity index (χ4n) is 3.44. The molecule has 0 spiro atoms. The number of nitrogens with one attached hydrogen (secondary N) is 1. The van der Waals surface area contributed by atoms with Gasteiger partial charge in [0.1, 0.15) is 5.75 Å². The Kier molecular flexibility index (Phi) is 7.58. The van der Waals surface area contributed by atoms with Crippen LogP contribution < -0.4 is 10.1 Å². The average Bonchev–Trinajstić information content (AvgIpc) is 3.00. The van der Waals surface area contributed by atoms with E-state index in [0.717, 1.165) is 28.5 Å². The van der Waals surface area contributed by atoms with Crippen LogP contribution >= 0.6 is 0 Å². The van der Waals surface area contributed by atoms with Crippen LogP contribution in [0.4, 0.5) is 18.9 Å². The second-order valence-corrected chi connectivity index (χ2v) is 7.29. The van der Waals surface area contributed by atoms with Gasteiger partial charge in [-0.25, -0.2) is 0 Å². The molecule has 0 aliphatic heterocycles. The lowest BCUT2D eigenvalue weighted by Crippen LogP contribution is -2.12. The first-order valence-corrected chi connectivity index (χ1v) is 10.0. The molecule has 3 nitrogen and oxygen atoms in total. The van der Waals surface area contributed by atoms with E-state index in [9.17, 15) is 13.2 Å². The Balaban J connectivity index is 1.94. The summed E-state index contributed by atoms with van der Waals surface area (Å²) in [6.07, 6.45) is 0.594. The van der Waals surface area contributed by atoms with Crippen molar-refractivity contribution in [1.29, 1.82) is 0 Å². The number of hydrogen-bond donors (Lipinski definition) is 1. The van der Waals surface area contributed by atoms with E-state index in [4.69, 9.17) is 9.47 Å². The predicted molar refractivity (Wildman–Crippen MR) is 118 cm³/mol. The number of hydrogen-bond acceptors (Lipinski definition) is 3. The third kappa shape index (κ3) is 6.25. The number of benzene rings is 2. The van der Waals surface area contributed by atoms with Gasteiger partial charge in [0.25, 0.3) is 0 Å². The molecular formula is C25H26F3NO2. The van der Waals surface area contributed by atoms with E-state index < -0.39 is 11.7 Å². The second kappa shape index (κ2) is 10.4. The van der Waals surface area contributed by atoms with Crippen molar-refractivity contribution in [2.45, 2.75) is 19.0 Å². The van der Waals surface area contributed by atoms with E-state index in [2.05, 4.69) is 5.32 Å². The van der Waals surface area contributed by atoms with E-state index in [1.54, 1.807) is 20.3 Å². The van der Waals surface area contributed by atoms with E-state index in [-0.39, 0.29) is 0 Å². The summed E-state index contributed by atoms with van der Waals surface area (Å²) in [5.74, 6) is 0.631. The third-order valence-electron chi connectivity index (χ3n) is 5.07. The van der Waals surface area contributed by atoms with Crippen molar-refractivity contribution in [1.82, 2.24) is 0 Å². The third-order valence-corrected chi connectivity index (χ3v) is 5.07. The molecule has 0 saturated carbocycles. The number of allylic oxidation sites excluding steroid dienone is 5. The minimum Gasteiger partial charge on any atom is -0.496 e. The molecule has 0 amide bonds. The van der Waals surface area contributed by atoms with Crippen LogP contribution in [0.5, 0.6) is 5.75 Å². The van der Waals surface area contributed by atoms with Crippen molar-refractivity contribution < 1.29 is 22.6 Å². The van der Waals surface area contributed by atoms with Crippen molar-refractivity contribution in [3.8, 4) is 5.75 Å². The maximum atomic E-state index is 13.5. The average molecular weight is 429 g/mol. The molecule has 1 aliphatic rings.